The van der Waals surface area contributed by atoms with Gasteiger partial charge in [0.2, 0.25) is 5.91 Å². The minimum Gasteiger partial charge on any atom is -0.460 e. The first-order valence-electron chi connectivity index (χ1n) is 16.0. The molecule has 3 saturated heterocycles. The maximum absolute atomic E-state index is 13.5. The van der Waals surface area contributed by atoms with Gasteiger partial charge in [0.15, 0.2) is 0 Å². The molecule has 0 spiro atoms. The quantitative estimate of drug-likeness (QED) is 0.334. The van der Waals surface area contributed by atoms with Gasteiger partial charge in [-0.1, -0.05) is 54.6 Å². The summed E-state index contributed by atoms with van der Waals surface area (Å²) >= 11 is 0. The molecule has 3 amide bonds. The molecule has 1 N–H and O–H groups in total. The van der Waals surface area contributed by atoms with Crippen molar-refractivity contribution in [2.45, 2.75) is 89.4 Å². The van der Waals surface area contributed by atoms with Gasteiger partial charge in [0, 0.05) is 38.5 Å². The summed E-state index contributed by atoms with van der Waals surface area (Å²) in [6, 6.07) is 19.6. The number of ether oxygens (including phenoxy) is 2. The van der Waals surface area contributed by atoms with Crippen molar-refractivity contribution < 1.29 is 23.9 Å². The van der Waals surface area contributed by atoms with Gasteiger partial charge >= 0.3 is 12.0 Å². The summed E-state index contributed by atoms with van der Waals surface area (Å²) in [5.74, 6) is 0.443. The third kappa shape index (κ3) is 8.37. The highest BCUT2D eigenvalue weighted by Crippen LogP contribution is 2.38. The Morgan fingerprint density at radius 1 is 0.953 bits per heavy atom. The number of carbonyl (C=O) groups is 3. The molecule has 0 saturated carbocycles. The number of likely N-dealkylation sites (tertiary alicyclic amines) is 2. The molecule has 8 nitrogen and oxygen atoms in total. The monoisotopic (exact) mass is 589 g/mol. The summed E-state index contributed by atoms with van der Waals surface area (Å²) in [4.78, 5) is 41.3. The number of urea groups is 1. The number of benzene rings is 2. The van der Waals surface area contributed by atoms with Crippen LogP contribution in [0.4, 0.5) is 4.79 Å². The Labute approximate surface area is 256 Å². The SMILES string of the molecule is CC(C)(C)OC(=O)CCCCc1cccc(C(c2ccccc2)C2CCN(C(=O)N3CC[C@@H]4OCC(=O)N[C@@H]4C3)CC2)c1. The molecule has 3 heterocycles. The van der Waals surface area contributed by atoms with Gasteiger partial charge in [-0.05, 0) is 81.9 Å². The number of aryl methyl sites for hydroxylation is 1. The van der Waals surface area contributed by atoms with Gasteiger partial charge in [0.25, 0.3) is 0 Å². The van der Waals surface area contributed by atoms with E-state index in [-0.39, 0.29) is 42.6 Å². The first-order chi connectivity index (χ1) is 20.7. The van der Waals surface area contributed by atoms with Crippen LogP contribution in [0, 0.1) is 5.92 Å². The minimum atomic E-state index is -0.442. The average Bonchev–Trinajstić information content (AvgIpc) is 2.99. The van der Waals surface area contributed by atoms with Crippen molar-refractivity contribution in [3.05, 3.63) is 71.3 Å². The van der Waals surface area contributed by atoms with Crippen molar-refractivity contribution in [2.75, 3.05) is 32.8 Å². The van der Waals surface area contributed by atoms with E-state index in [1.165, 1.54) is 16.7 Å². The molecule has 232 valence electrons. The molecule has 0 bridgehead atoms. The largest absolute Gasteiger partial charge is 0.460 e. The molecule has 0 aromatic heterocycles. The molecule has 8 heteroatoms. The van der Waals surface area contributed by atoms with E-state index in [9.17, 15) is 14.4 Å². The highest BCUT2D eigenvalue weighted by molar-refractivity contribution is 5.79. The van der Waals surface area contributed by atoms with Crippen molar-refractivity contribution in [2.24, 2.45) is 5.92 Å². The van der Waals surface area contributed by atoms with Crippen molar-refractivity contribution >= 4 is 17.9 Å². The number of hydrogen-bond acceptors (Lipinski definition) is 5. The average molecular weight is 590 g/mol. The summed E-state index contributed by atoms with van der Waals surface area (Å²) < 4.78 is 11.1. The Morgan fingerprint density at radius 2 is 1.67 bits per heavy atom. The van der Waals surface area contributed by atoms with Crippen LogP contribution in [0.25, 0.3) is 0 Å². The first kappa shape index (κ1) is 31.0. The van der Waals surface area contributed by atoms with E-state index in [2.05, 4.69) is 59.9 Å². The molecule has 0 radical (unpaired) electrons. The lowest BCUT2D eigenvalue weighted by Crippen LogP contribution is -2.62. The maximum atomic E-state index is 13.5. The maximum Gasteiger partial charge on any atom is 0.320 e. The number of amides is 3. The number of esters is 1. The Bertz CT molecular complexity index is 1250. The van der Waals surface area contributed by atoms with E-state index in [0.717, 1.165) is 51.6 Å². The second kappa shape index (κ2) is 13.9. The number of fused-ring (bicyclic) bond motifs is 1. The third-order valence-corrected chi connectivity index (χ3v) is 8.86. The molecular formula is C35H47N3O5. The Hall–Kier alpha value is -3.39. The fourth-order valence-electron chi connectivity index (χ4n) is 6.83. The lowest BCUT2D eigenvalue weighted by atomic mass is 9.75. The van der Waals surface area contributed by atoms with Gasteiger partial charge < -0.3 is 24.6 Å². The zero-order valence-corrected chi connectivity index (χ0v) is 25.9. The number of carbonyl (C=O) groups excluding carboxylic acids is 3. The summed E-state index contributed by atoms with van der Waals surface area (Å²) in [7, 11) is 0. The van der Waals surface area contributed by atoms with Gasteiger partial charge in [0.05, 0.1) is 12.1 Å². The van der Waals surface area contributed by atoms with Crippen molar-refractivity contribution in [3.8, 4) is 0 Å². The summed E-state index contributed by atoms with van der Waals surface area (Å²) in [5.41, 5.74) is 3.47. The standard InChI is InChI=1S/C35H47N3O5/c1-35(2,3)43-32(40)15-8-7-10-25-11-9-14-28(22-25)33(26-12-5-4-6-13-26)27-16-19-37(20-17-27)34(41)38-21-18-30-29(23-38)36-31(39)24-42-30/h4-6,9,11-14,22,27,29-30,33H,7-8,10,15-21,23-24H2,1-3H3,(H,36,39)/t29-,30+,33?/m1/s1. The molecule has 5 rings (SSSR count). The molecule has 1 unspecified atom stereocenters. The Morgan fingerprint density at radius 3 is 2.42 bits per heavy atom. The predicted octanol–water partition coefficient (Wildman–Crippen LogP) is 5.29. The highest BCUT2D eigenvalue weighted by atomic mass is 16.6. The van der Waals surface area contributed by atoms with Crippen LogP contribution in [-0.2, 0) is 25.5 Å². The van der Waals surface area contributed by atoms with Crippen LogP contribution in [-0.4, -0.2) is 78.2 Å². The lowest BCUT2D eigenvalue weighted by molar-refractivity contribution is -0.154. The molecule has 3 atom stereocenters. The topological polar surface area (TPSA) is 88.2 Å². The number of nitrogens with one attached hydrogen (secondary N) is 1. The molecule has 43 heavy (non-hydrogen) atoms. The molecular weight excluding hydrogens is 542 g/mol. The smallest absolute Gasteiger partial charge is 0.320 e. The van der Waals surface area contributed by atoms with E-state index >= 15 is 0 Å². The summed E-state index contributed by atoms with van der Waals surface area (Å²) in [5, 5.41) is 3.00. The van der Waals surface area contributed by atoms with E-state index in [0.29, 0.717) is 25.4 Å². The van der Waals surface area contributed by atoms with Crippen LogP contribution < -0.4 is 5.32 Å². The third-order valence-electron chi connectivity index (χ3n) is 8.86. The number of rotatable bonds is 8. The number of piperidine rings is 2. The molecule has 3 aliphatic heterocycles. The van der Waals surface area contributed by atoms with Gasteiger partial charge in [0.1, 0.15) is 12.2 Å². The van der Waals surface area contributed by atoms with Crippen molar-refractivity contribution in [1.29, 1.82) is 0 Å². The van der Waals surface area contributed by atoms with Crippen LogP contribution in [0.15, 0.2) is 54.6 Å². The van der Waals surface area contributed by atoms with E-state index in [1.807, 2.05) is 30.6 Å². The Kier molecular flexibility index (Phi) is 10.1. The highest BCUT2D eigenvalue weighted by Gasteiger charge is 2.38. The summed E-state index contributed by atoms with van der Waals surface area (Å²) in [6.07, 6.45) is 5.74. The molecule has 3 fully saturated rings. The van der Waals surface area contributed by atoms with E-state index in [1.54, 1.807) is 0 Å². The van der Waals surface area contributed by atoms with Crippen LogP contribution in [0.3, 0.4) is 0 Å². The second-order valence-electron chi connectivity index (χ2n) is 13.3. The Balaban J connectivity index is 1.19. The van der Waals surface area contributed by atoms with Gasteiger partial charge in [-0.2, -0.15) is 0 Å². The molecule has 2 aromatic carbocycles. The van der Waals surface area contributed by atoms with Crippen LogP contribution in [0.2, 0.25) is 0 Å². The fraction of sp³-hybridized carbons (Fsp3) is 0.571. The lowest BCUT2D eigenvalue weighted by Gasteiger charge is -2.44. The van der Waals surface area contributed by atoms with E-state index < -0.39 is 5.60 Å². The van der Waals surface area contributed by atoms with Crippen molar-refractivity contribution in [3.63, 3.8) is 0 Å². The van der Waals surface area contributed by atoms with Crippen LogP contribution in [0.1, 0.15) is 81.9 Å². The van der Waals surface area contributed by atoms with Gasteiger partial charge in [-0.15, -0.1) is 0 Å². The first-order valence-corrected chi connectivity index (χ1v) is 16.0. The normalized spacial score (nSPS) is 22.0. The zero-order chi connectivity index (χ0) is 30.4. The predicted molar refractivity (Wildman–Crippen MR) is 166 cm³/mol. The van der Waals surface area contributed by atoms with E-state index in [4.69, 9.17) is 9.47 Å². The number of hydrogen-bond donors (Lipinski definition) is 1. The number of morpholine rings is 1. The van der Waals surface area contributed by atoms with Gasteiger partial charge in [-0.25, -0.2) is 4.79 Å². The van der Waals surface area contributed by atoms with Crippen molar-refractivity contribution in [1.82, 2.24) is 15.1 Å². The minimum absolute atomic E-state index is 0.000133. The second-order valence-corrected chi connectivity index (χ2v) is 13.3. The number of unbranched alkanes of at least 4 members (excludes halogenated alkanes) is 1. The zero-order valence-electron chi connectivity index (χ0n) is 25.9. The molecule has 0 aliphatic carbocycles. The van der Waals surface area contributed by atoms with Crippen LogP contribution >= 0.6 is 0 Å². The summed E-state index contributed by atoms with van der Waals surface area (Å²) in [6.45, 7) is 8.44. The van der Waals surface area contributed by atoms with Gasteiger partial charge in [-0.3, -0.25) is 9.59 Å². The molecule has 2 aromatic rings. The number of nitrogens with zero attached hydrogens (tertiary/aromatic N) is 2. The van der Waals surface area contributed by atoms with Crippen LogP contribution in [0.5, 0.6) is 0 Å². The molecule has 3 aliphatic rings. The fourth-order valence-corrected chi connectivity index (χ4v) is 6.83.